The quantitative estimate of drug-likeness (QED) is 0.515. The molecule has 6 nitrogen and oxygen atoms in total. The molecule has 0 bridgehead atoms. The Morgan fingerprint density at radius 2 is 1.93 bits per heavy atom. The molecule has 0 saturated carbocycles. The molecular weight excluding hydrogens is 384 g/mol. The largest absolute Gasteiger partial charge is 0.353 e. The maximum atomic E-state index is 12.5. The molecule has 4 aromatic rings. The smallest absolute Gasteiger partial charge is 0.260 e. The van der Waals surface area contributed by atoms with Gasteiger partial charge in [-0.1, -0.05) is 47.7 Å². The molecule has 29 heavy (non-hydrogen) atoms. The third kappa shape index (κ3) is 2.98. The van der Waals surface area contributed by atoms with E-state index in [0.29, 0.717) is 5.71 Å². The number of hydrogen-bond donors (Lipinski definition) is 1. The number of rotatable bonds is 3. The van der Waals surface area contributed by atoms with Crippen molar-refractivity contribution in [3.63, 3.8) is 0 Å². The van der Waals surface area contributed by atoms with Gasteiger partial charge in [-0.2, -0.15) is 10.1 Å². The topological polar surface area (TPSA) is 78.4 Å². The predicted octanol–water partition coefficient (Wildman–Crippen LogP) is 4.40. The van der Waals surface area contributed by atoms with E-state index < -0.39 is 0 Å². The van der Waals surface area contributed by atoms with Gasteiger partial charge in [-0.3, -0.25) is 9.59 Å². The third-order valence-electron chi connectivity index (χ3n) is 5.05. The number of hydrazone groups is 1. The molecule has 1 aliphatic rings. The first-order valence-electron chi connectivity index (χ1n) is 9.35. The third-order valence-corrected chi connectivity index (χ3v) is 6.03. The second-order valence-electron chi connectivity index (χ2n) is 7.26. The number of benzene rings is 2. The first-order valence-corrected chi connectivity index (χ1v) is 10.3. The van der Waals surface area contributed by atoms with Gasteiger partial charge in [-0.05, 0) is 26.0 Å². The second kappa shape index (κ2) is 6.70. The maximum absolute atomic E-state index is 12.5. The Morgan fingerprint density at radius 1 is 1.14 bits per heavy atom. The van der Waals surface area contributed by atoms with Gasteiger partial charge in [0.25, 0.3) is 11.8 Å². The minimum absolute atomic E-state index is 0.104. The summed E-state index contributed by atoms with van der Waals surface area (Å²) in [6.07, 6.45) is 0.207. The summed E-state index contributed by atoms with van der Waals surface area (Å²) in [5.41, 5.74) is 4.75. The SMILES string of the molecule is CC1=NN(C(=O)CSc2nc3c4cc(C)ccc4[nH]c3c3ccccc23)C(=O)C1. The Kier molecular flexibility index (Phi) is 4.13. The number of amides is 2. The van der Waals surface area contributed by atoms with Gasteiger partial charge >= 0.3 is 0 Å². The minimum Gasteiger partial charge on any atom is -0.353 e. The number of nitrogens with one attached hydrogen (secondary N) is 1. The molecular formula is C22H18N4O2S. The fraction of sp³-hybridized carbons (Fsp3) is 0.182. The standard InChI is InChI=1S/C22H18N4O2S/c1-12-7-8-17-16(9-12)21-20(23-17)14-5-3-4-6-15(14)22(24-21)29-11-19(28)26-18(27)10-13(2)25-26/h3-9,23H,10-11H2,1-2H3. The highest BCUT2D eigenvalue weighted by Gasteiger charge is 2.27. The Hall–Kier alpha value is -3.19. The number of nitrogens with zero attached hydrogens (tertiary/aromatic N) is 3. The Balaban J connectivity index is 1.59. The van der Waals surface area contributed by atoms with Crippen LogP contribution >= 0.6 is 11.8 Å². The molecule has 0 fully saturated rings. The van der Waals surface area contributed by atoms with E-state index in [1.807, 2.05) is 18.2 Å². The van der Waals surface area contributed by atoms with Crippen molar-refractivity contribution in [2.24, 2.45) is 5.10 Å². The van der Waals surface area contributed by atoms with Crippen LogP contribution in [0.25, 0.3) is 32.7 Å². The Bertz CT molecular complexity index is 1360. The molecule has 1 aliphatic heterocycles. The zero-order valence-corrected chi connectivity index (χ0v) is 16.8. The summed E-state index contributed by atoms with van der Waals surface area (Å²) in [5.74, 6) is -0.488. The molecule has 0 spiro atoms. The van der Waals surface area contributed by atoms with E-state index >= 15 is 0 Å². The van der Waals surface area contributed by atoms with Crippen LogP contribution in [0.15, 0.2) is 52.6 Å². The second-order valence-corrected chi connectivity index (χ2v) is 8.22. The van der Waals surface area contributed by atoms with Gasteiger partial charge in [0.05, 0.1) is 23.2 Å². The van der Waals surface area contributed by atoms with Crippen molar-refractivity contribution in [1.29, 1.82) is 0 Å². The highest BCUT2D eigenvalue weighted by molar-refractivity contribution is 8.00. The van der Waals surface area contributed by atoms with E-state index in [-0.39, 0.29) is 24.0 Å². The summed E-state index contributed by atoms with van der Waals surface area (Å²) >= 11 is 1.34. The number of thioether (sulfide) groups is 1. The van der Waals surface area contributed by atoms with E-state index in [9.17, 15) is 9.59 Å². The summed E-state index contributed by atoms with van der Waals surface area (Å²) in [6, 6.07) is 14.3. The zero-order chi connectivity index (χ0) is 20.1. The van der Waals surface area contributed by atoms with Gasteiger partial charge in [-0.15, -0.1) is 0 Å². The first-order chi connectivity index (χ1) is 14.0. The van der Waals surface area contributed by atoms with Crippen LogP contribution in [0.5, 0.6) is 0 Å². The van der Waals surface area contributed by atoms with E-state index in [4.69, 9.17) is 4.98 Å². The maximum Gasteiger partial charge on any atom is 0.260 e. The fourth-order valence-corrected chi connectivity index (χ4v) is 4.58. The van der Waals surface area contributed by atoms with Crippen molar-refractivity contribution in [3.05, 3.63) is 48.0 Å². The molecule has 3 heterocycles. The van der Waals surface area contributed by atoms with E-state index in [0.717, 1.165) is 42.7 Å². The van der Waals surface area contributed by atoms with Crippen LogP contribution < -0.4 is 0 Å². The molecule has 0 aliphatic carbocycles. The van der Waals surface area contributed by atoms with Crippen molar-refractivity contribution in [3.8, 4) is 0 Å². The molecule has 0 unspecified atom stereocenters. The summed E-state index contributed by atoms with van der Waals surface area (Å²) in [7, 11) is 0. The number of carbonyl (C=O) groups is 2. The van der Waals surface area contributed by atoms with Crippen LogP contribution in [-0.4, -0.2) is 38.3 Å². The average Bonchev–Trinajstić information content (AvgIpc) is 3.25. The van der Waals surface area contributed by atoms with Crippen LogP contribution in [0, 0.1) is 6.92 Å². The van der Waals surface area contributed by atoms with Crippen molar-refractivity contribution in [2.45, 2.75) is 25.3 Å². The minimum atomic E-state index is -0.322. The number of H-pyrrole nitrogens is 1. The number of pyridine rings is 1. The number of imide groups is 1. The van der Waals surface area contributed by atoms with Crippen molar-refractivity contribution in [1.82, 2.24) is 15.0 Å². The number of carbonyl (C=O) groups excluding carboxylic acids is 2. The van der Waals surface area contributed by atoms with Crippen LogP contribution in [-0.2, 0) is 9.59 Å². The zero-order valence-electron chi connectivity index (χ0n) is 16.0. The summed E-state index contributed by atoms with van der Waals surface area (Å²) in [5, 5.41) is 8.91. The van der Waals surface area contributed by atoms with Crippen molar-refractivity contribution >= 4 is 62.0 Å². The van der Waals surface area contributed by atoms with Gasteiger partial charge in [0.1, 0.15) is 5.03 Å². The summed E-state index contributed by atoms with van der Waals surface area (Å²) < 4.78 is 0. The first kappa shape index (κ1) is 17.9. The molecule has 1 N–H and O–H groups in total. The molecule has 7 heteroatoms. The predicted molar refractivity (Wildman–Crippen MR) is 116 cm³/mol. The van der Waals surface area contributed by atoms with Gasteiger partial charge in [0, 0.05) is 27.4 Å². The lowest BCUT2D eigenvalue weighted by Gasteiger charge is -2.10. The number of aryl methyl sites for hydroxylation is 1. The van der Waals surface area contributed by atoms with Crippen LogP contribution in [0.2, 0.25) is 0 Å². The molecule has 144 valence electrons. The van der Waals surface area contributed by atoms with E-state index in [1.54, 1.807) is 6.92 Å². The Morgan fingerprint density at radius 3 is 2.69 bits per heavy atom. The van der Waals surface area contributed by atoms with Gasteiger partial charge in [0.2, 0.25) is 0 Å². The summed E-state index contributed by atoms with van der Waals surface area (Å²) in [6.45, 7) is 3.81. The van der Waals surface area contributed by atoms with Crippen molar-refractivity contribution < 1.29 is 9.59 Å². The van der Waals surface area contributed by atoms with Gasteiger partial charge in [0.15, 0.2) is 0 Å². The number of aromatic amines is 1. The summed E-state index contributed by atoms with van der Waals surface area (Å²) in [4.78, 5) is 32.8. The monoisotopic (exact) mass is 402 g/mol. The van der Waals surface area contributed by atoms with Gasteiger partial charge in [-0.25, -0.2) is 4.98 Å². The van der Waals surface area contributed by atoms with E-state index in [1.165, 1.54) is 17.3 Å². The molecule has 2 amide bonds. The molecule has 2 aromatic heterocycles. The average molecular weight is 402 g/mol. The molecule has 5 rings (SSSR count). The molecule has 0 atom stereocenters. The number of fused-ring (bicyclic) bond motifs is 5. The molecule has 0 saturated heterocycles. The lowest BCUT2D eigenvalue weighted by Crippen LogP contribution is -2.29. The Labute approximate surface area is 171 Å². The van der Waals surface area contributed by atoms with Crippen LogP contribution in [0.4, 0.5) is 0 Å². The highest BCUT2D eigenvalue weighted by Crippen LogP contribution is 2.35. The van der Waals surface area contributed by atoms with Crippen LogP contribution in [0.1, 0.15) is 18.9 Å². The number of aromatic nitrogens is 2. The van der Waals surface area contributed by atoms with Crippen LogP contribution in [0.3, 0.4) is 0 Å². The molecule has 0 radical (unpaired) electrons. The highest BCUT2D eigenvalue weighted by atomic mass is 32.2. The lowest BCUT2D eigenvalue weighted by molar-refractivity contribution is -0.141. The van der Waals surface area contributed by atoms with Crippen molar-refractivity contribution in [2.75, 3.05) is 5.75 Å². The molecule has 2 aromatic carbocycles. The van der Waals surface area contributed by atoms with Gasteiger partial charge < -0.3 is 4.98 Å². The fourth-order valence-electron chi connectivity index (χ4n) is 3.70. The lowest BCUT2D eigenvalue weighted by atomic mass is 10.1. The van der Waals surface area contributed by atoms with E-state index in [2.05, 4.69) is 41.3 Å². The normalized spacial score (nSPS) is 14.3. The number of hydrogen-bond acceptors (Lipinski definition) is 5.